The highest BCUT2D eigenvalue weighted by atomic mass is 16.2. The van der Waals surface area contributed by atoms with Crippen LogP contribution in [-0.4, -0.2) is 46.9 Å². The van der Waals surface area contributed by atoms with Gasteiger partial charge in [0.2, 0.25) is 0 Å². The van der Waals surface area contributed by atoms with E-state index in [0.717, 1.165) is 11.4 Å². The number of nitrogens with zero attached hydrogens (tertiary/aromatic N) is 5. The molecule has 3 aromatic rings. The maximum atomic E-state index is 12.3. The molecule has 3 heterocycles. The summed E-state index contributed by atoms with van der Waals surface area (Å²) in [5.74, 6) is -0.0760. The molecule has 0 radical (unpaired) electrons. The number of nitrogens with one attached hydrogen (secondary N) is 3. The first-order valence-electron chi connectivity index (χ1n) is 7.73. The van der Waals surface area contributed by atoms with Crippen molar-refractivity contribution < 1.29 is 4.79 Å². The topological polar surface area (TPSA) is 134 Å². The largest absolute Gasteiger partial charge is 0.349 e. The summed E-state index contributed by atoms with van der Waals surface area (Å²) in [7, 11) is 0. The lowest BCUT2D eigenvalue weighted by atomic mass is 10.1. The Labute approximate surface area is 142 Å². The van der Waals surface area contributed by atoms with Gasteiger partial charge >= 0.3 is 0 Å². The average Bonchev–Trinajstić information content (AvgIpc) is 3.19. The van der Waals surface area contributed by atoms with Gasteiger partial charge in [0.05, 0.1) is 5.69 Å². The van der Waals surface area contributed by atoms with Crippen LogP contribution < -0.4 is 10.9 Å². The minimum Gasteiger partial charge on any atom is -0.349 e. The molecule has 3 rings (SSSR count). The van der Waals surface area contributed by atoms with Crippen molar-refractivity contribution in [3.63, 3.8) is 0 Å². The number of aryl methyl sites for hydroxylation is 1. The summed E-state index contributed by atoms with van der Waals surface area (Å²) >= 11 is 0. The number of amides is 1. The third kappa shape index (κ3) is 4.16. The van der Waals surface area contributed by atoms with Crippen molar-refractivity contribution in [3.8, 4) is 0 Å². The van der Waals surface area contributed by atoms with Crippen LogP contribution in [0, 0.1) is 6.92 Å². The Balaban J connectivity index is 1.64. The molecule has 0 aromatic carbocycles. The summed E-state index contributed by atoms with van der Waals surface area (Å²) in [6.45, 7) is 4.03. The van der Waals surface area contributed by atoms with E-state index in [1.165, 1.54) is 23.5 Å². The van der Waals surface area contributed by atoms with E-state index in [9.17, 15) is 9.59 Å². The first-order valence-corrected chi connectivity index (χ1v) is 7.73. The first-order chi connectivity index (χ1) is 12.0. The van der Waals surface area contributed by atoms with Crippen molar-refractivity contribution in [1.29, 1.82) is 0 Å². The van der Waals surface area contributed by atoms with Crippen LogP contribution in [0.25, 0.3) is 0 Å². The number of hydrogen-bond donors (Lipinski definition) is 3. The number of aromatic nitrogens is 7. The van der Waals surface area contributed by atoms with Gasteiger partial charge in [-0.2, -0.15) is 10.2 Å². The highest BCUT2D eigenvalue weighted by molar-refractivity contribution is 5.93. The standard InChI is InChI=1S/C15H18N8O2/c1-9(3-11-4-10(2)21-22-11)19-14(24)12-5-17-13(20-15(12)25)6-23-8-16-7-18-23/h4-5,7-9H,3,6H2,1-2H3,(H,19,24)(H,21,22)(H,17,20,25). The summed E-state index contributed by atoms with van der Waals surface area (Å²) in [6, 6.07) is 1.74. The Bertz CT molecular complexity index is 912. The summed E-state index contributed by atoms with van der Waals surface area (Å²) in [6.07, 6.45) is 4.73. The zero-order chi connectivity index (χ0) is 17.8. The molecule has 0 bridgehead atoms. The molecule has 25 heavy (non-hydrogen) atoms. The highest BCUT2D eigenvalue weighted by Crippen LogP contribution is 2.02. The SMILES string of the molecule is Cc1cc(CC(C)NC(=O)c2cnc(Cn3cncn3)[nH]c2=O)n[nH]1. The quantitative estimate of drug-likeness (QED) is 0.568. The fourth-order valence-corrected chi connectivity index (χ4v) is 2.39. The molecule has 0 saturated heterocycles. The second-order valence-electron chi connectivity index (χ2n) is 5.79. The van der Waals surface area contributed by atoms with Gasteiger partial charge < -0.3 is 10.3 Å². The molecule has 10 nitrogen and oxygen atoms in total. The van der Waals surface area contributed by atoms with Gasteiger partial charge in [-0.05, 0) is 19.9 Å². The molecule has 130 valence electrons. The molecule has 0 saturated carbocycles. The van der Waals surface area contributed by atoms with Gasteiger partial charge in [0.15, 0.2) is 0 Å². The Morgan fingerprint density at radius 3 is 2.92 bits per heavy atom. The maximum Gasteiger partial charge on any atom is 0.263 e. The minimum atomic E-state index is -0.495. The van der Waals surface area contributed by atoms with E-state index in [2.05, 4.69) is 35.6 Å². The normalized spacial score (nSPS) is 12.1. The number of hydrogen-bond acceptors (Lipinski definition) is 6. The van der Waals surface area contributed by atoms with Crippen molar-refractivity contribution >= 4 is 5.91 Å². The number of rotatable bonds is 6. The molecular formula is C15H18N8O2. The molecular weight excluding hydrogens is 324 g/mol. The Hall–Kier alpha value is -3.30. The Morgan fingerprint density at radius 2 is 2.28 bits per heavy atom. The van der Waals surface area contributed by atoms with E-state index in [1.54, 1.807) is 0 Å². The second-order valence-corrected chi connectivity index (χ2v) is 5.79. The molecule has 0 aliphatic heterocycles. The molecule has 1 atom stereocenters. The van der Waals surface area contributed by atoms with E-state index < -0.39 is 11.5 Å². The molecule has 10 heteroatoms. The summed E-state index contributed by atoms with van der Waals surface area (Å²) in [5, 5.41) is 13.7. The van der Waals surface area contributed by atoms with Gasteiger partial charge in [-0.15, -0.1) is 0 Å². The number of carbonyl (C=O) groups is 1. The van der Waals surface area contributed by atoms with Crippen molar-refractivity contribution in [1.82, 2.24) is 40.2 Å². The van der Waals surface area contributed by atoms with Crippen LogP contribution in [0.1, 0.15) is 34.5 Å². The lowest BCUT2D eigenvalue weighted by Crippen LogP contribution is -2.37. The third-order valence-corrected chi connectivity index (χ3v) is 3.53. The van der Waals surface area contributed by atoms with Gasteiger partial charge in [-0.25, -0.2) is 14.6 Å². The molecule has 1 amide bonds. The van der Waals surface area contributed by atoms with Crippen LogP contribution in [0.4, 0.5) is 0 Å². The predicted molar refractivity (Wildman–Crippen MR) is 87.9 cm³/mol. The molecule has 0 aliphatic carbocycles. The van der Waals surface area contributed by atoms with Crippen LogP contribution in [0.2, 0.25) is 0 Å². The summed E-state index contributed by atoms with van der Waals surface area (Å²) in [4.78, 5) is 34.9. The monoisotopic (exact) mass is 342 g/mol. The average molecular weight is 342 g/mol. The predicted octanol–water partition coefficient (Wildman–Crippen LogP) is -0.198. The van der Waals surface area contributed by atoms with Gasteiger partial charge in [-0.1, -0.05) is 0 Å². The van der Waals surface area contributed by atoms with Crippen LogP contribution in [-0.2, 0) is 13.0 Å². The lowest BCUT2D eigenvalue weighted by Gasteiger charge is -2.12. The van der Waals surface area contributed by atoms with Gasteiger partial charge in [-0.3, -0.25) is 14.7 Å². The molecule has 0 aliphatic rings. The lowest BCUT2D eigenvalue weighted by molar-refractivity contribution is 0.0938. The highest BCUT2D eigenvalue weighted by Gasteiger charge is 2.15. The fraction of sp³-hybridized carbons (Fsp3) is 0.333. The fourth-order valence-electron chi connectivity index (χ4n) is 2.39. The van der Waals surface area contributed by atoms with Crippen molar-refractivity contribution in [2.24, 2.45) is 0 Å². The van der Waals surface area contributed by atoms with E-state index in [-0.39, 0.29) is 18.2 Å². The zero-order valence-corrected chi connectivity index (χ0v) is 13.9. The summed E-state index contributed by atoms with van der Waals surface area (Å²) < 4.78 is 1.52. The Morgan fingerprint density at radius 1 is 1.44 bits per heavy atom. The van der Waals surface area contributed by atoms with Crippen molar-refractivity contribution in [2.75, 3.05) is 0 Å². The van der Waals surface area contributed by atoms with Gasteiger partial charge in [0, 0.05) is 24.4 Å². The summed E-state index contributed by atoms with van der Waals surface area (Å²) in [5.41, 5.74) is 1.27. The minimum absolute atomic E-state index is 0.0348. The second kappa shape index (κ2) is 7.07. The molecule has 1 unspecified atom stereocenters. The molecule has 0 fully saturated rings. The third-order valence-electron chi connectivity index (χ3n) is 3.53. The molecule has 3 aromatic heterocycles. The molecule has 0 spiro atoms. The van der Waals surface area contributed by atoms with Crippen LogP contribution in [0.15, 0.2) is 29.7 Å². The Kier molecular flexibility index (Phi) is 4.68. The van der Waals surface area contributed by atoms with E-state index >= 15 is 0 Å². The number of aromatic amines is 2. The van der Waals surface area contributed by atoms with E-state index in [4.69, 9.17) is 0 Å². The van der Waals surface area contributed by atoms with Crippen molar-refractivity contribution in [2.45, 2.75) is 32.9 Å². The number of H-pyrrole nitrogens is 2. The number of carbonyl (C=O) groups excluding carboxylic acids is 1. The van der Waals surface area contributed by atoms with Crippen LogP contribution in [0.3, 0.4) is 0 Å². The maximum absolute atomic E-state index is 12.3. The smallest absolute Gasteiger partial charge is 0.263 e. The van der Waals surface area contributed by atoms with Crippen LogP contribution in [0.5, 0.6) is 0 Å². The van der Waals surface area contributed by atoms with Crippen molar-refractivity contribution in [3.05, 3.63) is 58.0 Å². The van der Waals surface area contributed by atoms with Gasteiger partial charge in [0.1, 0.15) is 30.6 Å². The zero-order valence-electron chi connectivity index (χ0n) is 13.9. The van der Waals surface area contributed by atoms with Crippen LogP contribution >= 0.6 is 0 Å². The van der Waals surface area contributed by atoms with Gasteiger partial charge in [0.25, 0.3) is 11.5 Å². The molecule has 3 N–H and O–H groups in total. The van der Waals surface area contributed by atoms with E-state index in [0.29, 0.717) is 12.2 Å². The first kappa shape index (κ1) is 16.6. The van der Waals surface area contributed by atoms with E-state index in [1.807, 2.05) is 19.9 Å².